The SMILES string of the molecule is CC(C)C(=O)Nc1ccc2c(c1)C(=O)N(C)[C@H]1CC[C@@H](CC(=O)NCc3ccc(F)cc3)O[C@@H]1CO2. The van der Waals surface area contributed by atoms with Crippen molar-refractivity contribution in [2.75, 3.05) is 19.0 Å². The summed E-state index contributed by atoms with van der Waals surface area (Å²) in [5, 5.41) is 5.67. The summed E-state index contributed by atoms with van der Waals surface area (Å²) in [7, 11) is 1.74. The van der Waals surface area contributed by atoms with Crippen LogP contribution in [0.2, 0.25) is 0 Å². The predicted molar refractivity (Wildman–Crippen MR) is 132 cm³/mol. The number of rotatable bonds is 6. The number of amides is 3. The van der Waals surface area contributed by atoms with E-state index < -0.39 is 0 Å². The van der Waals surface area contributed by atoms with Crippen molar-refractivity contribution in [2.24, 2.45) is 5.92 Å². The average molecular weight is 498 g/mol. The topological polar surface area (TPSA) is 97.0 Å². The summed E-state index contributed by atoms with van der Waals surface area (Å²) in [5.41, 5.74) is 1.75. The van der Waals surface area contributed by atoms with Crippen molar-refractivity contribution in [3.63, 3.8) is 0 Å². The van der Waals surface area contributed by atoms with Gasteiger partial charge in [-0.05, 0) is 48.7 Å². The first kappa shape index (κ1) is 25.6. The standard InChI is InChI=1S/C27H32FN3O5/c1-16(2)26(33)30-19-8-11-23-21(12-19)27(34)31(3)22-10-9-20(36-24(22)15-35-23)13-25(32)29-14-17-4-6-18(28)7-5-17/h4-8,11-12,16,20,22,24H,9-10,13-15H2,1-3H3,(H,29,32)(H,30,33)/t20-,22-,24+/m0/s1. The molecule has 0 unspecified atom stereocenters. The molecule has 8 nitrogen and oxygen atoms in total. The molecule has 2 N–H and O–H groups in total. The molecule has 4 rings (SSSR count). The maximum Gasteiger partial charge on any atom is 0.257 e. The molecule has 1 saturated heterocycles. The van der Waals surface area contributed by atoms with Crippen molar-refractivity contribution >= 4 is 23.4 Å². The lowest BCUT2D eigenvalue weighted by molar-refractivity contribution is -0.134. The smallest absolute Gasteiger partial charge is 0.257 e. The number of nitrogens with zero attached hydrogens (tertiary/aromatic N) is 1. The van der Waals surface area contributed by atoms with Gasteiger partial charge in [-0.25, -0.2) is 4.39 Å². The fourth-order valence-corrected chi connectivity index (χ4v) is 4.47. The third kappa shape index (κ3) is 6.02. The maximum atomic E-state index is 13.3. The molecule has 2 heterocycles. The number of fused-ring (bicyclic) bond motifs is 2. The fraction of sp³-hybridized carbons (Fsp3) is 0.444. The summed E-state index contributed by atoms with van der Waals surface area (Å²) in [6.07, 6.45) is 0.818. The van der Waals surface area contributed by atoms with Gasteiger partial charge in [-0.15, -0.1) is 0 Å². The number of carbonyl (C=O) groups excluding carboxylic acids is 3. The average Bonchev–Trinajstić information content (AvgIpc) is 2.86. The lowest BCUT2D eigenvalue weighted by Gasteiger charge is -2.42. The van der Waals surface area contributed by atoms with Crippen LogP contribution in [-0.2, 0) is 20.9 Å². The van der Waals surface area contributed by atoms with Gasteiger partial charge in [-0.1, -0.05) is 26.0 Å². The minimum Gasteiger partial charge on any atom is -0.490 e. The zero-order valence-corrected chi connectivity index (χ0v) is 20.8. The molecule has 0 bridgehead atoms. The number of likely N-dealkylation sites (N-methyl/N-ethyl adjacent to an activating group) is 1. The highest BCUT2D eigenvalue weighted by Gasteiger charge is 2.39. The molecular formula is C27H32FN3O5. The molecule has 0 saturated carbocycles. The van der Waals surface area contributed by atoms with E-state index in [1.807, 2.05) is 0 Å². The van der Waals surface area contributed by atoms with Gasteiger partial charge in [0.15, 0.2) is 0 Å². The molecule has 0 spiro atoms. The van der Waals surface area contributed by atoms with Crippen LogP contribution in [0.1, 0.15) is 49.0 Å². The molecular weight excluding hydrogens is 465 g/mol. The van der Waals surface area contributed by atoms with Crippen LogP contribution in [0.25, 0.3) is 0 Å². The van der Waals surface area contributed by atoms with E-state index in [9.17, 15) is 18.8 Å². The van der Waals surface area contributed by atoms with E-state index in [2.05, 4.69) is 10.6 Å². The Hall–Kier alpha value is -3.46. The predicted octanol–water partition coefficient (Wildman–Crippen LogP) is 3.51. The van der Waals surface area contributed by atoms with Crippen molar-refractivity contribution in [3.05, 3.63) is 59.4 Å². The molecule has 2 aromatic carbocycles. The van der Waals surface area contributed by atoms with Gasteiger partial charge >= 0.3 is 0 Å². The first-order chi connectivity index (χ1) is 17.2. The van der Waals surface area contributed by atoms with Crippen LogP contribution < -0.4 is 15.4 Å². The van der Waals surface area contributed by atoms with Gasteiger partial charge in [-0.3, -0.25) is 14.4 Å². The maximum absolute atomic E-state index is 13.3. The molecule has 2 aliphatic heterocycles. The van der Waals surface area contributed by atoms with Crippen LogP contribution in [0.15, 0.2) is 42.5 Å². The second kappa shape index (κ2) is 11.1. The third-order valence-corrected chi connectivity index (χ3v) is 6.62. The Morgan fingerprint density at radius 1 is 1.14 bits per heavy atom. The lowest BCUT2D eigenvalue weighted by atomic mass is 9.94. The summed E-state index contributed by atoms with van der Waals surface area (Å²) in [4.78, 5) is 39.5. The van der Waals surface area contributed by atoms with Crippen LogP contribution in [0, 0.1) is 11.7 Å². The molecule has 192 valence electrons. The van der Waals surface area contributed by atoms with E-state index in [0.29, 0.717) is 36.4 Å². The summed E-state index contributed by atoms with van der Waals surface area (Å²) in [6, 6.07) is 10.8. The Morgan fingerprint density at radius 3 is 2.61 bits per heavy atom. The summed E-state index contributed by atoms with van der Waals surface area (Å²) in [6.45, 7) is 4.16. The van der Waals surface area contributed by atoms with Gasteiger partial charge in [-0.2, -0.15) is 0 Å². The highest BCUT2D eigenvalue weighted by molar-refractivity contribution is 6.00. The van der Waals surface area contributed by atoms with Crippen molar-refractivity contribution in [3.8, 4) is 5.75 Å². The zero-order valence-electron chi connectivity index (χ0n) is 20.8. The Kier molecular flexibility index (Phi) is 7.88. The highest BCUT2D eigenvalue weighted by Crippen LogP contribution is 2.32. The van der Waals surface area contributed by atoms with Crippen LogP contribution in [0.4, 0.5) is 10.1 Å². The van der Waals surface area contributed by atoms with Gasteiger partial charge < -0.3 is 25.0 Å². The number of benzene rings is 2. The zero-order chi connectivity index (χ0) is 25.8. The van der Waals surface area contributed by atoms with Crippen molar-refractivity contribution in [2.45, 2.75) is 57.9 Å². The third-order valence-electron chi connectivity index (χ3n) is 6.62. The van der Waals surface area contributed by atoms with E-state index in [0.717, 1.165) is 5.56 Å². The molecule has 0 aliphatic carbocycles. The summed E-state index contributed by atoms with van der Waals surface area (Å²) in [5.74, 6) is -0.563. The van der Waals surface area contributed by atoms with Crippen LogP contribution in [0.3, 0.4) is 0 Å². The quantitative estimate of drug-likeness (QED) is 0.637. The lowest BCUT2D eigenvalue weighted by Crippen LogP contribution is -2.53. The fourth-order valence-electron chi connectivity index (χ4n) is 4.47. The molecule has 2 aliphatic rings. The molecule has 2 aromatic rings. The molecule has 9 heteroatoms. The first-order valence-electron chi connectivity index (χ1n) is 12.2. The second-order valence-corrected chi connectivity index (χ2v) is 9.63. The van der Waals surface area contributed by atoms with E-state index in [1.165, 1.54) is 12.1 Å². The van der Waals surface area contributed by atoms with Gasteiger partial charge in [0.05, 0.1) is 24.1 Å². The van der Waals surface area contributed by atoms with E-state index in [-0.39, 0.29) is 60.7 Å². The number of hydrogen-bond donors (Lipinski definition) is 2. The normalized spacial score (nSPS) is 21.5. The Labute approximate surface area is 210 Å². The molecule has 0 radical (unpaired) electrons. The minimum atomic E-state index is -0.379. The number of nitrogens with one attached hydrogen (secondary N) is 2. The van der Waals surface area contributed by atoms with E-state index >= 15 is 0 Å². The number of anilines is 1. The molecule has 0 aromatic heterocycles. The largest absolute Gasteiger partial charge is 0.490 e. The summed E-state index contributed by atoms with van der Waals surface area (Å²) >= 11 is 0. The van der Waals surface area contributed by atoms with Gasteiger partial charge in [0.25, 0.3) is 5.91 Å². The molecule has 3 atom stereocenters. The molecule has 1 fully saturated rings. The Morgan fingerprint density at radius 2 is 1.89 bits per heavy atom. The van der Waals surface area contributed by atoms with Crippen molar-refractivity contribution in [1.82, 2.24) is 10.2 Å². The first-order valence-corrected chi connectivity index (χ1v) is 12.2. The monoisotopic (exact) mass is 497 g/mol. The van der Waals surface area contributed by atoms with E-state index in [4.69, 9.17) is 9.47 Å². The minimum absolute atomic E-state index is 0.129. The summed E-state index contributed by atoms with van der Waals surface area (Å²) < 4.78 is 25.2. The number of halogens is 1. The number of ether oxygens (including phenoxy) is 2. The number of hydrogen-bond acceptors (Lipinski definition) is 5. The van der Waals surface area contributed by atoms with Gasteiger partial charge in [0.1, 0.15) is 24.3 Å². The second-order valence-electron chi connectivity index (χ2n) is 9.63. The molecule has 36 heavy (non-hydrogen) atoms. The van der Waals surface area contributed by atoms with Crippen LogP contribution in [-0.4, -0.2) is 54.5 Å². The van der Waals surface area contributed by atoms with Crippen molar-refractivity contribution < 1.29 is 28.2 Å². The highest BCUT2D eigenvalue weighted by atomic mass is 19.1. The van der Waals surface area contributed by atoms with Gasteiger partial charge in [0.2, 0.25) is 11.8 Å². The van der Waals surface area contributed by atoms with Crippen LogP contribution >= 0.6 is 0 Å². The van der Waals surface area contributed by atoms with Gasteiger partial charge in [0, 0.05) is 25.2 Å². The van der Waals surface area contributed by atoms with Crippen molar-refractivity contribution in [1.29, 1.82) is 0 Å². The Balaban J connectivity index is 1.38. The van der Waals surface area contributed by atoms with E-state index in [1.54, 1.807) is 56.1 Å². The molecule has 3 amide bonds. The number of carbonyl (C=O) groups is 3. The Bertz CT molecular complexity index is 1120. The van der Waals surface area contributed by atoms with Crippen LogP contribution in [0.5, 0.6) is 5.75 Å².